The third-order valence-corrected chi connectivity index (χ3v) is 12.8. The van der Waals surface area contributed by atoms with Crippen molar-refractivity contribution in [3.05, 3.63) is 109 Å². The number of esters is 3. The zero-order valence-corrected chi connectivity index (χ0v) is 47.6. The minimum absolute atomic E-state index is 0.101. The Kier molecular flexibility index (Phi) is 57.4. The van der Waals surface area contributed by atoms with Crippen LogP contribution in [0.4, 0.5) is 0 Å². The molecule has 0 aliphatic carbocycles. The Morgan fingerprint density at radius 1 is 0.288 bits per heavy atom. The van der Waals surface area contributed by atoms with Crippen molar-refractivity contribution in [3.63, 3.8) is 0 Å². The van der Waals surface area contributed by atoms with Crippen LogP contribution in [0.1, 0.15) is 278 Å². The summed E-state index contributed by atoms with van der Waals surface area (Å²) in [5, 5.41) is 0. The molecule has 6 heteroatoms. The topological polar surface area (TPSA) is 78.9 Å². The van der Waals surface area contributed by atoms with E-state index < -0.39 is 6.10 Å². The van der Waals surface area contributed by atoms with Crippen LogP contribution in [-0.2, 0) is 28.6 Å². The Morgan fingerprint density at radius 3 is 0.863 bits per heavy atom. The molecule has 0 saturated heterocycles. The van der Waals surface area contributed by atoms with E-state index in [9.17, 15) is 14.4 Å². The highest BCUT2D eigenvalue weighted by Gasteiger charge is 2.19. The molecule has 0 fully saturated rings. The zero-order valence-electron chi connectivity index (χ0n) is 47.6. The Morgan fingerprint density at radius 2 is 0.534 bits per heavy atom. The molecule has 0 aromatic rings. The molecule has 0 aromatic heterocycles. The van der Waals surface area contributed by atoms with Crippen molar-refractivity contribution >= 4 is 17.9 Å². The molecule has 0 bridgehead atoms. The molecular formula is C67H112O6. The van der Waals surface area contributed by atoms with Crippen LogP contribution in [0.25, 0.3) is 0 Å². The highest BCUT2D eigenvalue weighted by molar-refractivity contribution is 5.71. The minimum Gasteiger partial charge on any atom is -0.462 e. The number of hydrogen-bond donors (Lipinski definition) is 0. The number of carbonyl (C=O) groups excluding carboxylic acids is 3. The lowest BCUT2D eigenvalue weighted by molar-refractivity contribution is -0.167. The molecule has 1 atom stereocenters. The molecule has 0 radical (unpaired) electrons. The molecule has 0 amide bonds. The second kappa shape index (κ2) is 60.6. The van der Waals surface area contributed by atoms with Gasteiger partial charge >= 0.3 is 17.9 Å². The highest BCUT2D eigenvalue weighted by atomic mass is 16.6. The van der Waals surface area contributed by atoms with E-state index in [4.69, 9.17) is 14.2 Å². The summed E-state index contributed by atoms with van der Waals surface area (Å²) in [4.78, 5) is 38.3. The van der Waals surface area contributed by atoms with Crippen LogP contribution in [0.15, 0.2) is 109 Å². The average molecular weight is 1010 g/mol. The van der Waals surface area contributed by atoms with Crippen molar-refractivity contribution in [2.75, 3.05) is 13.2 Å². The van der Waals surface area contributed by atoms with Gasteiger partial charge in [-0.15, -0.1) is 0 Å². The summed E-state index contributed by atoms with van der Waals surface area (Å²) in [5.41, 5.74) is 0. The van der Waals surface area contributed by atoms with E-state index in [0.717, 1.165) is 122 Å². The Balaban J connectivity index is 4.51. The summed E-state index contributed by atoms with van der Waals surface area (Å²) in [5.74, 6) is -0.960. The van der Waals surface area contributed by atoms with E-state index in [0.29, 0.717) is 12.8 Å². The first kappa shape index (κ1) is 69.1. The Hall–Kier alpha value is -3.93. The molecule has 0 aliphatic rings. The van der Waals surface area contributed by atoms with Crippen molar-refractivity contribution in [2.45, 2.75) is 284 Å². The van der Waals surface area contributed by atoms with Gasteiger partial charge in [0.25, 0.3) is 0 Å². The van der Waals surface area contributed by atoms with Crippen molar-refractivity contribution < 1.29 is 28.6 Å². The van der Waals surface area contributed by atoms with Gasteiger partial charge in [0.05, 0.1) is 0 Å². The molecule has 416 valence electrons. The maximum Gasteiger partial charge on any atom is 0.306 e. The third-order valence-electron chi connectivity index (χ3n) is 12.8. The summed E-state index contributed by atoms with van der Waals surface area (Å²) in [7, 11) is 0. The fraction of sp³-hybridized carbons (Fsp3) is 0.687. The predicted molar refractivity (Wildman–Crippen MR) is 316 cm³/mol. The molecule has 0 heterocycles. The van der Waals surface area contributed by atoms with Crippen LogP contribution in [-0.4, -0.2) is 37.2 Å². The number of rotatable bonds is 54. The van der Waals surface area contributed by atoms with Gasteiger partial charge in [0.2, 0.25) is 0 Å². The van der Waals surface area contributed by atoms with Gasteiger partial charge < -0.3 is 14.2 Å². The monoisotopic (exact) mass is 1010 g/mol. The molecule has 0 aromatic carbocycles. The van der Waals surface area contributed by atoms with Crippen molar-refractivity contribution in [2.24, 2.45) is 0 Å². The molecule has 0 N–H and O–H groups in total. The average Bonchev–Trinajstić information content (AvgIpc) is 3.39. The second-order valence-corrected chi connectivity index (χ2v) is 19.9. The van der Waals surface area contributed by atoms with E-state index >= 15 is 0 Å². The highest BCUT2D eigenvalue weighted by Crippen LogP contribution is 2.16. The Labute approximate surface area is 450 Å². The largest absolute Gasteiger partial charge is 0.462 e. The van der Waals surface area contributed by atoms with Crippen LogP contribution < -0.4 is 0 Å². The molecular weight excluding hydrogens is 901 g/mol. The predicted octanol–water partition coefficient (Wildman–Crippen LogP) is 20.7. The molecule has 0 unspecified atom stereocenters. The maximum atomic E-state index is 12.9. The first-order valence-electron chi connectivity index (χ1n) is 30.4. The third kappa shape index (κ3) is 58.8. The fourth-order valence-electron chi connectivity index (χ4n) is 8.22. The first-order valence-corrected chi connectivity index (χ1v) is 30.4. The van der Waals surface area contributed by atoms with Gasteiger partial charge in [0, 0.05) is 19.3 Å². The molecule has 6 nitrogen and oxygen atoms in total. The van der Waals surface area contributed by atoms with E-state index in [2.05, 4.69) is 130 Å². The zero-order chi connectivity index (χ0) is 52.9. The fourth-order valence-corrected chi connectivity index (χ4v) is 8.22. The van der Waals surface area contributed by atoms with E-state index in [1.807, 2.05) is 0 Å². The van der Waals surface area contributed by atoms with E-state index in [1.165, 1.54) is 116 Å². The minimum atomic E-state index is -0.810. The summed E-state index contributed by atoms with van der Waals surface area (Å²) < 4.78 is 16.9. The number of carbonyl (C=O) groups is 3. The van der Waals surface area contributed by atoms with Gasteiger partial charge in [-0.25, -0.2) is 0 Å². The number of allylic oxidation sites excluding steroid dienone is 18. The van der Waals surface area contributed by atoms with Gasteiger partial charge in [0.1, 0.15) is 13.2 Å². The molecule has 0 saturated carbocycles. The molecule has 73 heavy (non-hydrogen) atoms. The quantitative estimate of drug-likeness (QED) is 0.0261. The number of hydrogen-bond acceptors (Lipinski definition) is 6. The summed E-state index contributed by atoms with van der Waals surface area (Å²) >= 11 is 0. The van der Waals surface area contributed by atoms with E-state index in [1.54, 1.807) is 0 Å². The van der Waals surface area contributed by atoms with Crippen LogP contribution in [0, 0.1) is 0 Å². The van der Waals surface area contributed by atoms with Crippen LogP contribution in [0.5, 0.6) is 0 Å². The SMILES string of the molecule is CC/C=C\C/C=C\C/C=C\C/C=C\C/C=C\CCCCCC(=O)O[C@H](COC(=O)CCCCC/C=C\C/C=C\C/C=C\C/C=C\CCCCC)COC(=O)CCCCCCCCCCCCCCCCCCC. The first-order chi connectivity index (χ1) is 36.0. The standard InChI is InChI=1S/C67H112O6/c1-4-7-10-13-16-19-22-25-28-31-33-36-39-42-45-48-51-54-57-60-66(69)72-63-64(62-71-65(68)59-56-53-50-47-44-41-38-35-30-27-24-21-18-15-12-9-6-3)73-67(70)61-58-55-52-49-46-43-40-37-34-32-29-26-23-20-17-14-11-8-5-2/h8,11,16-17,19-20,25-26,28-29,33-34,36-37,42-43,45-46,64H,4-7,9-10,12-15,18,21-24,27,30-32,35,38-41,44,47-63H2,1-3H3/b11-8-,19-16-,20-17-,28-25-,29-26-,36-33-,37-34-,45-42-,46-43-/t64-/m0/s1. The van der Waals surface area contributed by atoms with E-state index in [-0.39, 0.29) is 37.5 Å². The number of ether oxygens (including phenoxy) is 3. The summed E-state index contributed by atoms with van der Waals surface area (Å²) in [6.45, 7) is 6.46. The lowest BCUT2D eigenvalue weighted by Crippen LogP contribution is -2.30. The molecule has 0 spiro atoms. The van der Waals surface area contributed by atoms with Gasteiger partial charge in [-0.2, -0.15) is 0 Å². The van der Waals surface area contributed by atoms with Crippen LogP contribution in [0.3, 0.4) is 0 Å². The Bertz CT molecular complexity index is 1490. The van der Waals surface area contributed by atoms with Crippen molar-refractivity contribution in [1.29, 1.82) is 0 Å². The summed E-state index contributed by atoms with van der Waals surface area (Å²) in [6, 6.07) is 0. The van der Waals surface area contributed by atoms with Crippen molar-refractivity contribution in [3.8, 4) is 0 Å². The van der Waals surface area contributed by atoms with Gasteiger partial charge in [-0.3, -0.25) is 14.4 Å². The normalized spacial score (nSPS) is 12.9. The van der Waals surface area contributed by atoms with Gasteiger partial charge in [-0.05, 0) is 109 Å². The van der Waals surface area contributed by atoms with Crippen molar-refractivity contribution in [1.82, 2.24) is 0 Å². The lowest BCUT2D eigenvalue weighted by atomic mass is 10.0. The number of unbranched alkanes of at least 4 members (excludes halogenated alkanes) is 25. The van der Waals surface area contributed by atoms with Gasteiger partial charge in [0.15, 0.2) is 6.10 Å². The maximum absolute atomic E-state index is 12.9. The molecule has 0 rings (SSSR count). The van der Waals surface area contributed by atoms with Crippen LogP contribution >= 0.6 is 0 Å². The lowest BCUT2D eigenvalue weighted by Gasteiger charge is -2.18. The van der Waals surface area contributed by atoms with Crippen LogP contribution in [0.2, 0.25) is 0 Å². The summed E-state index contributed by atoms with van der Waals surface area (Å²) in [6.07, 6.45) is 82.2. The second-order valence-electron chi connectivity index (χ2n) is 19.9. The smallest absolute Gasteiger partial charge is 0.306 e. The van der Waals surface area contributed by atoms with Gasteiger partial charge in [-0.1, -0.05) is 259 Å². The molecule has 0 aliphatic heterocycles.